The van der Waals surface area contributed by atoms with Crippen LogP contribution in [-0.2, 0) is 9.53 Å². The fourth-order valence-corrected chi connectivity index (χ4v) is 4.54. The summed E-state index contributed by atoms with van der Waals surface area (Å²) in [5.41, 5.74) is 3.51. The maximum absolute atomic E-state index is 12.4. The summed E-state index contributed by atoms with van der Waals surface area (Å²) >= 11 is 0. The van der Waals surface area contributed by atoms with E-state index in [1.165, 1.54) is 0 Å². The van der Waals surface area contributed by atoms with Crippen LogP contribution >= 0.6 is 0 Å². The number of piperazine rings is 1. The highest BCUT2D eigenvalue weighted by Gasteiger charge is 2.26. The molecular formula is C30H35N9O2. The highest BCUT2D eigenvalue weighted by molar-refractivity contribution is 5.71. The zero-order valence-electron chi connectivity index (χ0n) is 23.5. The van der Waals surface area contributed by atoms with Crippen molar-refractivity contribution in [2.24, 2.45) is 0 Å². The van der Waals surface area contributed by atoms with Gasteiger partial charge < -0.3 is 25.6 Å². The molecule has 0 radical (unpaired) electrons. The van der Waals surface area contributed by atoms with Gasteiger partial charge in [0.15, 0.2) is 5.82 Å². The number of nitrogens with one attached hydrogen (secondary N) is 3. The Morgan fingerprint density at radius 1 is 1.02 bits per heavy atom. The largest absolute Gasteiger partial charge is 0.463 e. The fraction of sp³-hybridized carbons (Fsp3) is 0.333. The van der Waals surface area contributed by atoms with Gasteiger partial charge in [0.05, 0.1) is 18.6 Å². The average Bonchev–Trinajstić information content (AvgIpc) is 2.98. The number of hydrogen-bond donors (Lipinski definition) is 3. The molecule has 41 heavy (non-hydrogen) atoms. The van der Waals surface area contributed by atoms with Gasteiger partial charge in [-0.25, -0.2) is 19.9 Å². The second-order valence-electron chi connectivity index (χ2n) is 9.96. The first kappa shape index (κ1) is 27.9. The number of aryl methyl sites for hydroxylation is 1. The number of aromatic nitrogens is 5. The fourth-order valence-electron chi connectivity index (χ4n) is 4.54. The molecule has 1 aromatic carbocycles. The van der Waals surface area contributed by atoms with E-state index in [9.17, 15) is 4.79 Å². The molecule has 4 heterocycles. The molecule has 3 aromatic heterocycles. The number of pyridine rings is 1. The number of hydrogen-bond acceptors (Lipinski definition) is 11. The van der Waals surface area contributed by atoms with Crippen LogP contribution in [0.2, 0.25) is 0 Å². The van der Waals surface area contributed by atoms with E-state index >= 15 is 0 Å². The normalized spacial score (nSPS) is 15.7. The molecule has 212 valence electrons. The lowest BCUT2D eigenvalue weighted by atomic mass is 10.1. The Bertz CT molecular complexity index is 1460. The Labute approximate surface area is 239 Å². The van der Waals surface area contributed by atoms with Crippen molar-refractivity contribution in [1.82, 2.24) is 30.2 Å². The highest BCUT2D eigenvalue weighted by atomic mass is 16.5. The Morgan fingerprint density at radius 2 is 1.80 bits per heavy atom. The molecule has 1 saturated heterocycles. The van der Waals surface area contributed by atoms with Crippen LogP contribution in [0.25, 0.3) is 11.5 Å². The van der Waals surface area contributed by atoms with Gasteiger partial charge in [0, 0.05) is 49.1 Å². The van der Waals surface area contributed by atoms with Gasteiger partial charge in [-0.15, -0.1) is 0 Å². The second kappa shape index (κ2) is 13.1. The van der Waals surface area contributed by atoms with Crippen LogP contribution in [-0.4, -0.2) is 62.7 Å². The molecule has 11 heteroatoms. The van der Waals surface area contributed by atoms with E-state index in [-0.39, 0.29) is 18.1 Å². The van der Waals surface area contributed by atoms with Gasteiger partial charge in [0.2, 0.25) is 5.95 Å². The molecule has 0 bridgehead atoms. The molecule has 1 unspecified atom stereocenters. The van der Waals surface area contributed by atoms with Crippen molar-refractivity contribution in [2.75, 3.05) is 35.2 Å². The monoisotopic (exact) mass is 553 g/mol. The maximum Gasteiger partial charge on any atom is 0.308 e. The van der Waals surface area contributed by atoms with Crippen LogP contribution in [0.5, 0.6) is 0 Å². The van der Waals surface area contributed by atoms with Crippen molar-refractivity contribution in [3.8, 4) is 11.5 Å². The molecule has 1 aliphatic rings. The molecule has 1 aliphatic heterocycles. The van der Waals surface area contributed by atoms with Crippen LogP contribution in [0.4, 0.5) is 29.0 Å². The van der Waals surface area contributed by atoms with E-state index in [1.807, 2.05) is 63.2 Å². The van der Waals surface area contributed by atoms with Gasteiger partial charge in [-0.2, -0.15) is 4.98 Å². The van der Waals surface area contributed by atoms with Crippen molar-refractivity contribution in [1.29, 1.82) is 0 Å². The molecule has 4 aromatic rings. The van der Waals surface area contributed by atoms with Gasteiger partial charge >= 0.3 is 5.97 Å². The maximum atomic E-state index is 12.4. The van der Waals surface area contributed by atoms with E-state index in [4.69, 9.17) is 4.74 Å². The lowest BCUT2D eigenvalue weighted by molar-refractivity contribution is -0.148. The summed E-state index contributed by atoms with van der Waals surface area (Å²) in [4.78, 5) is 37.1. The van der Waals surface area contributed by atoms with Crippen molar-refractivity contribution >= 4 is 34.9 Å². The third-order valence-corrected chi connectivity index (χ3v) is 6.80. The predicted octanol–water partition coefficient (Wildman–Crippen LogP) is 4.63. The van der Waals surface area contributed by atoms with E-state index < -0.39 is 0 Å². The van der Waals surface area contributed by atoms with Gasteiger partial charge in [-0.05, 0) is 68.8 Å². The topological polar surface area (TPSA) is 130 Å². The molecule has 11 nitrogen and oxygen atoms in total. The number of rotatable bonds is 10. The average molecular weight is 554 g/mol. The summed E-state index contributed by atoms with van der Waals surface area (Å²) in [6, 6.07) is 17.4. The quantitative estimate of drug-likeness (QED) is 0.238. The Kier molecular flexibility index (Phi) is 8.95. The number of carbonyl (C=O) groups is 1. The first-order valence-corrected chi connectivity index (χ1v) is 13.9. The van der Waals surface area contributed by atoms with E-state index in [0.717, 1.165) is 43.1 Å². The van der Waals surface area contributed by atoms with Crippen molar-refractivity contribution in [2.45, 2.75) is 45.8 Å². The minimum absolute atomic E-state index is 0.0363. The Morgan fingerprint density at radius 3 is 2.59 bits per heavy atom. The van der Waals surface area contributed by atoms with Crippen LogP contribution in [0.15, 0.2) is 67.0 Å². The zero-order valence-corrected chi connectivity index (χ0v) is 23.5. The molecule has 5 rings (SSSR count). The lowest BCUT2D eigenvalue weighted by Gasteiger charge is -2.37. The van der Waals surface area contributed by atoms with Crippen LogP contribution in [0.1, 0.15) is 32.4 Å². The smallest absolute Gasteiger partial charge is 0.308 e. The number of ether oxygens (including phenoxy) is 1. The van der Waals surface area contributed by atoms with Gasteiger partial charge in [0.1, 0.15) is 17.3 Å². The lowest BCUT2D eigenvalue weighted by Crippen LogP contribution is -2.52. The van der Waals surface area contributed by atoms with Crippen molar-refractivity contribution in [3.63, 3.8) is 0 Å². The van der Waals surface area contributed by atoms with Gasteiger partial charge in [0.25, 0.3) is 0 Å². The number of carbonyl (C=O) groups excluding carboxylic acids is 1. The van der Waals surface area contributed by atoms with Gasteiger partial charge in [-0.1, -0.05) is 13.0 Å². The number of anilines is 5. The summed E-state index contributed by atoms with van der Waals surface area (Å²) in [6.07, 6.45) is 4.46. The summed E-state index contributed by atoms with van der Waals surface area (Å²) in [7, 11) is 0. The molecule has 0 aliphatic carbocycles. The second-order valence-corrected chi connectivity index (χ2v) is 9.96. The van der Waals surface area contributed by atoms with Crippen molar-refractivity contribution < 1.29 is 9.53 Å². The summed E-state index contributed by atoms with van der Waals surface area (Å²) in [5, 5.41) is 9.88. The molecule has 0 amide bonds. The summed E-state index contributed by atoms with van der Waals surface area (Å²) < 4.78 is 5.52. The van der Waals surface area contributed by atoms with E-state index in [2.05, 4.69) is 45.8 Å². The summed E-state index contributed by atoms with van der Waals surface area (Å²) in [5.74, 6) is 2.02. The molecule has 0 spiro atoms. The molecule has 2 atom stereocenters. The molecule has 1 fully saturated rings. The minimum atomic E-state index is -0.160. The molecule has 0 saturated carbocycles. The SMILES string of the molecule is CC[C@H](C)OC(=O)CC1CNCCN1c1ccc(Nc2nccc(Nc3ccnc(-c4cccc(C)n4)n3)n2)cc1. The number of nitrogens with zero attached hydrogens (tertiary/aromatic N) is 6. The molecular weight excluding hydrogens is 518 g/mol. The number of benzene rings is 1. The molecule has 3 N–H and O–H groups in total. The predicted molar refractivity (Wildman–Crippen MR) is 160 cm³/mol. The van der Waals surface area contributed by atoms with Crippen LogP contribution in [0.3, 0.4) is 0 Å². The van der Waals surface area contributed by atoms with Crippen LogP contribution in [0, 0.1) is 6.92 Å². The standard InChI is InChI=1S/C30H35N9O2/c1-4-21(3)41-28(40)18-24-19-31-16-17-39(24)23-10-8-22(9-11-23)35-30-33-15-13-27(38-30)36-26-12-14-32-29(37-26)25-7-5-6-20(2)34-25/h5-15,21,24,31H,4,16-19H2,1-3H3,(H2,32,33,35,36,37,38)/t21-,24?/m0/s1. The van der Waals surface area contributed by atoms with Gasteiger partial charge in [-0.3, -0.25) is 4.79 Å². The van der Waals surface area contributed by atoms with E-state index in [1.54, 1.807) is 24.5 Å². The third-order valence-electron chi connectivity index (χ3n) is 6.80. The minimum Gasteiger partial charge on any atom is -0.463 e. The Balaban J connectivity index is 1.23. The van der Waals surface area contributed by atoms with Crippen LogP contribution < -0.4 is 20.9 Å². The zero-order chi connectivity index (χ0) is 28.6. The Hall–Kier alpha value is -4.64. The first-order valence-electron chi connectivity index (χ1n) is 13.9. The van der Waals surface area contributed by atoms with E-state index in [0.29, 0.717) is 35.5 Å². The van der Waals surface area contributed by atoms with Crippen molar-refractivity contribution in [3.05, 3.63) is 72.7 Å². The third kappa shape index (κ3) is 7.52. The highest BCUT2D eigenvalue weighted by Crippen LogP contribution is 2.25. The summed E-state index contributed by atoms with van der Waals surface area (Å²) in [6.45, 7) is 8.28. The first-order chi connectivity index (χ1) is 20.0. The number of esters is 1.